The molecule has 3 heteroatoms. The number of rotatable bonds is 2. The molecular weight excluding hydrogens is 164 g/mol. The molecule has 1 aliphatic heterocycles. The van der Waals surface area contributed by atoms with Gasteiger partial charge >= 0.3 is 0 Å². The minimum atomic E-state index is -0.0474. The lowest BCUT2D eigenvalue weighted by Crippen LogP contribution is -2.41. The van der Waals surface area contributed by atoms with Crippen molar-refractivity contribution in [3.8, 4) is 6.07 Å². The van der Waals surface area contributed by atoms with Gasteiger partial charge in [0, 0.05) is 18.5 Å². The zero-order valence-corrected chi connectivity index (χ0v) is 8.45. The minimum Gasteiger partial charge on any atom is -0.336 e. The molecule has 1 amide bonds. The van der Waals surface area contributed by atoms with E-state index in [0.29, 0.717) is 6.42 Å². The van der Waals surface area contributed by atoms with Crippen molar-refractivity contribution in [3.63, 3.8) is 0 Å². The molecule has 0 aliphatic carbocycles. The third-order valence-electron chi connectivity index (χ3n) is 2.64. The SMILES string of the molecule is CC(C#N)C1CCC(=O)N1C(C)C. The van der Waals surface area contributed by atoms with Crippen molar-refractivity contribution in [1.82, 2.24) is 4.90 Å². The van der Waals surface area contributed by atoms with Crippen molar-refractivity contribution < 1.29 is 4.79 Å². The van der Waals surface area contributed by atoms with E-state index in [1.165, 1.54) is 0 Å². The Kier molecular flexibility index (Phi) is 2.92. The molecule has 0 aromatic carbocycles. The number of carbonyl (C=O) groups is 1. The summed E-state index contributed by atoms with van der Waals surface area (Å²) in [6.45, 7) is 5.89. The maximum Gasteiger partial charge on any atom is 0.223 e. The summed E-state index contributed by atoms with van der Waals surface area (Å²) in [5, 5.41) is 8.79. The number of carbonyl (C=O) groups excluding carboxylic acids is 1. The number of amides is 1. The standard InChI is InChI=1S/C10H16N2O/c1-7(2)12-9(8(3)6-11)4-5-10(12)13/h7-9H,4-5H2,1-3H3. The summed E-state index contributed by atoms with van der Waals surface area (Å²) in [7, 11) is 0. The Morgan fingerprint density at radius 3 is 2.62 bits per heavy atom. The first kappa shape index (κ1) is 10.0. The molecule has 0 spiro atoms. The maximum absolute atomic E-state index is 11.5. The Bertz CT molecular complexity index is 242. The summed E-state index contributed by atoms with van der Waals surface area (Å²) in [5.41, 5.74) is 0. The van der Waals surface area contributed by atoms with Gasteiger partial charge in [-0.1, -0.05) is 0 Å². The van der Waals surface area contributed by atoms with Crippen LogP contribution in [0.4, 0.5) is 0 Å². The average Bonchev–Trinajstić information content (AvgIpc) is 2.45. The molecule has 1 saturated heterocycles. The fraction of sp³-hybridized carbons (Fsp3) is 0.800. The van der Waals surface area contributed by atoms with Gasteiger partial charge in [-0.05, 0) is 27.2 Å². The molecule has 1 rings (SSSR count). The van der Waals surface area contributed by atoms with E-state index in [9.17, 15) is 4.79 Å². The van der Waals surface area contributed by atoms with E-state index in [2.05, 4.69) is 6.07 Å². The van der Waals surface area contributed by atoms with Crippen LogP contribution in [0.2, 0.25) is 0 Å². The number of nitriles is 1. The van der Waals surface area contributed by atoms with Crippen LogP contribution in [-0.4, -0.2) is 22.9 Å². The molecule has 0 radical (unpaired) electrons. The van der Waals surface area contributed by atoms with Crippen LogP contribution >= 0.6 is 0 Å². The molecule has 1 aliphatic rings. The summed E-state index contributed by atoms with van der Waals surface area (Å²) >= 11 is 0. The highest BCUT2D eigenvalue weighted by Gasteiger charge is 2.35. The molecule has 2 unspecified atom stereocenters. The number of likely N-dealkylation sites (tertiary alicyclic amines) is 1. The van der Waals surface area contributed by atoms with Crippen LogP contribution in [0, 0.1) is 17.2 Å². The number of hydrogen-bond acceptors (Lipinski definition) is 2. The highest BCUT2D eigenvalue weighted by molar-refractivity contribution is 5.79. The van der Waals surface area contributed by atoms with Gasteiger partial charge in [-0.25, -0.2) is 0 Å². The first-order valence-electron chi connectivity index (χ1n) is 4.78. The van der Waals surface area contributed by atoms with Gasteiger partial charge in [-0.3, -0.25) is 4.79 Å². The number of hydrogen-bond donors (Lipinski definition) is 0. The van der Waals surface area contributed by atoms with E-state index in [0.717, 1.165) is 6.42 Å². The molecule has 0 N–H and O–H groups in total. The molecule has 72 valence electrons. The summed E-state index contributed by atoms with van der Waals surface area (Å²) in [6.07, 6.45) is 1.45. The molecule has 1 fully saturated rings. The molecule has 0 saturated carbocycles. The first-order chi connectivity index (χ1) is 6.07. The topological polar surface area (TPSA) is 44.1 Å². The van der Waals surface area contributed by atoms with E-state index in [-0.39, 0.29) is 23.9 Å². The van der Waals surface area contributed by atoms with E-state index < -0.39 is 0 Å². The normalized spacial score (nSPS) is 25.0. The van der Waals surface area contributed by atoms with Gasteiger partial charge in [-0.15, -0.1) is 0 Å². The lowest BCUT2D eigenvalue weighted by Gasteiger charge is -2.30. The van der Waals surface area contributed by atoms with Gasteiger partial charge in [0.2, 0.25) is 5.91 Å². The lowest BCUT2D eigenvalue weighted by atomic mass is 10.0. The van der Waals surface area contributed by atoms with Crippen molar-refractivity contribution in [2.45, 2.75) is 45.7 Å². The average molecular weight is 180 g/mol. The fourth-order valence-electron chi connectivity index (χ4n) is 1.97. The summed E-state index contributed by atoms with van der Waals surface area (Å²) in [4.78, 5) is 13.3. The predicted octanol–water partition coefficient (Wildman–Crippen LogP) is 1.55. The number of nitrogens with zero attached hydrogens (tertiary/aromatic N) is 2. The van der Waals surface area contributed by atoms with E-state index >= 15 is 0 Å². The zero-order valence-electron chi connectivity index (χ0n) is 8.45. The smallest absolute Gasteiger partial charge is 0.223 e. The van der Waals surface area contributed by atoms with Crippen molar-refractivity contribution in [1.29, 1.82) is 5.26 Å². The van der Waals surface area contributed by atoms with Gasteiger partial charge in [0.05, 0.1) is 12.0 Å². The second-order valence-electron chi connectivity index (χ2n) is 3.92. The Morgan fingerprint density at radius 2 is 2.15 bits per heavy atom. The van der Waals surface area contributed by atoms with Crippen LogP contribution in [-0.2, 0) is 4.79 Å². The second-order valence-corrected chi connectivity index (χ2v) is 3.92. The second kappa shape index (κ2) is 3.78. The molecular formula is C10H16N2O. The Balaban J connectivity index is 2.76. The van der Waals surface area contributed by atoms with Crippen LogP contribution in [0.25, 0.3) is 0 Å². The van der Waals surface area contributed by atoms with E-state index in [1.807, 2.05) is 25.7 Å². The van der Waals surface area contributed by atoms with Crippen molar-refractivity contribution >= 4 is 5.91 Å². The molecule has 0 aromatic heterocycles. The van der Waals surface area contributed by atoms with Crippen molar-refractivity contribution in [2.24, 2.45) is 5.92 Å². The molecule has 13 heavy (non-hydrogen) atoms. The maximum atomic E-state index is 11.5. The van der Waals surface area contributed by atoms with E-state index in [1.54, 1.807) is 0 Å². The van der Waals surface area contributed by atoms with E-state index in [4.69, 9.17) is 5.26 Å². The molecule has 2 atom stereocenters. The van der Waals surface area contributed by atoms with Gasteiger partial charge in [0.1, 0.15) is 0 Å². The predicted molar refractivity (Wildman–Crippen MR) is 49.8 cm³/mol. The summed E-state index contributed by atoms with van der Waals surface area (Å²) in [5.74, 6) is 0.149. The summed E-state index contributed by atoms with van der Waals surface area (Å²) in [6, 6.07) is 2.57. The Hall–Kier alpha value is -1.04. The molecule has 0 aromatic rings. The lowest BCUT2D eigenvalue weighted by molar-refractivity contribution is -0.130. The summed E-state index contributed by atoms with van der Waals surface area (Å²) < 4.78 is 0. The quantitative estimate of drug-likeness (QED) is 0.647. The van der Waals surface area contributed by atoms with Crippen LogP contribution in [0.5, 0.6) is 0 Å². The molecule has 1 heterocycles. The largest absolute Gasteiger partial charge is 0.336 e. The highest BCUT2D eigenvalue weighted by atomic mass is 16.2. The van der Waals surface area contributed by atoms with Gasteiger partial charge in [0.15, 0.2) is 0 Å². The molecule has 0 bridgehead atoms. The monoisotopic (exact) mass is 180 g/mol. The molecule has 3 nitrogen and oxygen atoms in total. The Labute approximate surface area is 79.3 Å². The van der Waals surface area contributed by atoms with Crippen LogP contribution in [0.15, 0.2) is 0 Å². The van der Waals surface area contributed by atoms with Gasteiger partial charge in [-0.2, -0.15) is 5.26 Å². The van der Waals surface area contributed by atoms with Crippen LogP contribution < -0.4 is 0 Å². The third kappa shape index (κ3) is 1.82. The first-order valence-corrected chi connectivity index (χ1v) is 4.78. The Morgan fingerprint density at radius 1 is 1.54 bits per heavy atom. The third-order valence-corrected chi connectivity index (χ3v) is 2.64. The van der Waals surface area contributed by atoms with Gasteiger partial charge in [0.25, 0.3) is 0 Å². The zero-order chi connectivity index (χ0) is 10.0. The highest BCUT2D eigenvalue weighted by Crippen LogP contribution is 2.26. The van der Waals surface area contributed by atoms with Gasteiger partial charge < -0.3 is 4.90 Å². The van der Waals surface area contributed by atoms with Crippen LogP contribution in [0.3, 0.4) is 0 Å². The minimum absolute atomic E-state index is 0.0474. The fourth-order valence-corrected chi connectivity index (χ4v) is 1.97. The van der Waals surface area contributed by atoms with Crippen molar-refractivity contribution in [2.75, 3.05) is 0 Å². The van der Waals surface area contributed by atoms with Crippen molar-refractivity contribution in [3.05, 3.63) is 0 Å². The van der Waals surface area contributed by atoms with Crippen LogP contribution in [0.1, 0.15) is 33.6 Å².